The summed E-state index contributed by atoms with van der Waals surface area (Å²) < 4.78 is 33.4. The maximum Gasteiger partial charge on any atom is 0.264 e. The Balaban J connectivity index is 1.57. The van der Waals surface area contributed by atoms with Crippen molar-refractivity contribution in [1.82, 2.24) is 5.32 Å². The van der Waals surface area contributed by atoms with Gasteiger partial charge in [0, 0.05) is 13.1 Å². The van der Waals surface area contributed by atoms with Crippen LogP contribution in [0.4, 0.5) is 5.69 Å². The van der Waals surface area contributed by atoms with Crippen LogP contribution in [0.3, 0.4) is 0 Å². The number of hydrogen-bond acceptors (Lipinski definition) is 4. The quantitative estimate of drug-likeness (QED) is 0.578. The van der Waals surface area contributed by atoms with Gasteiger partial charge >= 0.3 is 0 Å². The first-order valence-corrected chi connectivity index (χ1v) is 12.0. The number of benzene rings is 3. The smallest absolute Gasteiger partial charge is 0.264 e. The highest BCUT2D eigenvalue weighted by atomic mass is 35.5. The van der Waals surface area contributed by atoms with Crippen molar-refractivity contribution in [2.45, 2.75) is 24.3 Å². The van der Waals surface area contributed by atoms with E-state index in [0.717, 1.165) is 29.7 Å². The highest BCUT2D eigenvalue weighted by Crippen LogP contribution is 2.32. The summed E-state index contributed by atoms with van der Waals surface area (Å²) in [6.07, 6.45) is 1.57. The van der Waals surface area contributed by atoms with Gasteiger partial charge in [0.2, 0.25) is 0 Å². The molecule has 0 saturated heterocycles. The Morgan fingerprint density at radius 1 is 1.09 bits per heavy atom. The molecule has 3 aromatic carbocycles. The second-order valence-corrected chi connectivity index (χ2v) is 9.75. The van der Waals surface area contributed by atoms with Crippen molar-refractivity contribution in [3.8, 4) is 5.75 Å². The first-order chi connectivity index (χ1) is 15.4. The van der Waals surface area contributed by atoms with E-state index in [1.54, 1.807) is 19.2 Å². The van der Waals surface area contributed by atoms with Gasteiger partial charge in [0.15, 0.2) is 0 Å². The first-order valence-electron chi connectivity index (χ1n) is 10.2. The summed E-state index contributed by atoms with van der Waals surface area (Å²) in [6, 6.07) is 19.0. The van der Waals surface area contributed by atoms with Crippen LogP contribution in [0.15, 0.2) is 71.6 Å². The number of nitrogens with one attached hydrogen (secondary N) is 1. The predicted octanol–water partition coefficient (Wildman–Crippen LogP) is 4.42. The summed E-state index contributed by atoms with van der Waals surface area (Å²) in [5, 5.41) is 2.98. The number of methoxy groups -OCH3 is 1. The van der Waals surface area contributed by atoms with E-state index < -0.39 is 15.9 Å². The molecule has 6 nitrogen and oxygen atoms in total. The zero-order valence-corrected chi connectivity index (χ0v) is 19.1. The summed E-state index contributed by atoms with van der Waals surface area (Å²) in [4.78, 5) is 12.8. The highest BCUT2D eigenvalue weighted by Gasteiger charge is 2.29. The number of nitrogens with zero attached hydrogens (tertiary/aromatic N) is 1. The van der Waals surface area contributed by atoms with E-state index in [0.29, 0.717) is 12.2 Å². The van der Waals surface area contributed by atoms with E-state index in [2.05, 4.69) is 5.32 Å². The lowest BCUT2D eigenvalue weighted by Crippen LogP contribution is -2.35. The molecule has 0 radical (unpaired) electrons. The molecule has 0 unspecified atom stereocenters. The molecule has 1 aliphatic rings. The summed E-state index contributed by atoms with van der Waals surface area (Å²) in [5.41, 5.74) is 2.67. The Morgan fingerprint density at radius 2 is 1.84 bits per heavy atom. The monoisotopic (exact) mass is 470 g/mol. The van der Waals surface area contributed by atoms with Crippen LogP contribution >= 0.6 is 11.6 Å². The summed E-state index contributed by atoms with van der Waals surface area (Å²) in [7, 11) is -2.26. The fraction of sp³-hybridized carbons (Fsp3) is 0.208. The number of para-hydroxylation sites is 1. The van der Waals surface area contributed by atoms with Gasteiger partial charge in [0.1, 0.15) is 5.75 Å². The Labute approximate surface area is 192 Å². The van der Waals surface area contributed by atoms with E-state index in [1.807, 2.05) is 36.4 Å². The molecule has 1 heterocycles. The van der Waals surface area contributed by atoms with Gasteiger partial charge in [-0.15, -0.1) is 0 Å². The zero-order valence-electron chi connectivity index (χ0n) is 17.5. The van der Waals surface area contributed by atoms with Crippen molar-refractivity contribution in [2.24, 2.45) is 0 Å². The van der Waals surface area contributed by atoms with Crippen molar-refractivity contribution >= 4 is 33.2 Å². The average molecular weight is 471 g/mol. The molecule has 1 N–H and O–H groups in total. The number of aryl methyl sites for hydroxylation is 1. The minimum atomic E-state index is -3.84. The van der Waals surface area contributed by atoms with Crippen molar-refractivity contribution < 1.29 is 17.9 Å². The summed E-state index contributed by atoms with van der Waals surface area (Å²) in [6.45, 7) is 0.663. The number of carbonyl (C=O) groups is 1. The molecule has 166 valence electrons. The van der Waals surface area contributed by atoms with Crippen molar-refractivity contribution in [1.29, 1.82) is 0 Å². The van der Waals surface area contributed by atoms with Crippen molar-refractivity contribution in [2.75, 3.05) is 18.0 Å². The minimum Gasteiger partial charge on any atom is -0.497 e. The average Bonchev–Trinajstić information content (AvgIpc) is 2.82. The van der Waals surface area contributed by atoms with Crippen LogP contribution in [0.25, 0.3) is 0 Å². The van der Waals surface area contributed by atoms with Gasteiger partial charge in [-0.3, -0.25) is 9.10 Å². The van der Waals surface area contributed by atoms with Crippen LogP contribution < -0.4 is 14.4 Å². The van der Waals surface area contributed by atoms with Gasteiger partial charge in [-0.05, 0) is 60.4 Å². The normalized spacial score (nSPS) is 13.4. The molecule has 32 heavy (non-hydrogen) atoms. The van der Waals surface area contributed by atoms with Gasteiger partial charge in [-0.25, -0.2) is 8.42 Å². The molecule has 0 spiro atoms. The van der Waals surface area contributed by atoms with E-state index in [1.165, 1.54) is 22.5 Å². The Hall–Kier alpha value is -3.03. The molecule has 3 aromatic rings. The molecule has 4 rings (SSSR count). The van der Waals surface area contributed by atoms with Crippen LogP contribution in [0, 0.1) is 0 Å². The van der Waals surface area contributed by atoms with Crippen molar-refractivity contribution in [3.63, 3.8) is 0 Å². The minimum absolute atomic E-state index is 0.0354. The number of rotatable bonds is 6. The van der Waals surface area contributed by atoms with Gasteiger partial charge in [-0.2, -0.15) is 0 Å². The largest absolute Gasteiger partial charge is 0.497 e. The van der Waals surface area contributed by atoms with E-state index in [4.69, 9.17) is 16.3 Å². The lowest BCUT2D eigenvalue weighted by molar-refractivity contribution is 0.0951. The Bertz CT molecular complexity index is 1240. The SMILES string of the molecule is COc1ccc(CNC(=O)c2cc(S(=O)(=O)N3CCCc4ccccc43)ccc2Cl)cc1. The van der Waals surface area contributed by atoms with Crippen LogP contribution in [0.1, 0.15) is 27.9 Å². The number of carbonyl (C=O) groups excluding carboxylic acids is 1. The predicted molar refractivity (Wildman–Crippen MR) is 125 cm³/mol. The maximum absolute atomic E-state index is 13.4. The fourth-order valence-corrected chi connectivity index (χ4v) is 5.51. The number of halogens is 1. The standard InChI is InChI=1S/C24H23ClN2O4S/c1-31-19-10-8-17(9-11-19)16-26-24(28)21-15-20(12-13-22(21)25)32(29,30)27-14-4-6-18-5-2-3-7-23(18)27/h2-3,5,7-13,15H,4,6,14,16H2,1H3,(H,26,28). The number of sulfonamides is 1. The van der Waals surface area contributed by atoms with Gasteiger partial charge < -0.3 is 10.1 Å². The molecule has 0 atom stereocenters. The lowest BCUT2D eigenvalue weighted by Gasteiger charge is -2.30. The topological polar surface area (TPSA) is 75.7 Å². The number of anilines is 1. The molecule has 0 saturated carbocycles. The second-order valence-electron chi connectivity index (χ2n) is 7.48. The van der Waals surface area contributed by atoms with E-state index >= 15 is 0 Å². The molecule has 8 heteroatoms. The first kappa shape index (κ1) is 22.2. The molecular formula is C24H23ClN2O4S. The van der Waals surface area contributed by atoms with Gasteiger partial charge in [-0.1, -0.05) is 41.9 Å². The third-order valence-corrected chi connectivity index (χ3v) is 7.59. The van der Waals surface area contributed by atoms with Crippen LogP contribution in [0.2, 0.25) is 5.02 Å². The van der Waals surface area contributed by atoms with E-state index in [-0.39, 0.29) is 22.0 Å². The maximum atomic E-state index is 13.4. The molecule has 1 aliphatic heterocycles. The second kappa shape index (κ2) is 9.22. The van der Waals surface area contributed by atoms with Gasteiger partial charge in [0.05, 0.1) is 28.3 Å². The Kier molecular flexibility index (Phi) is 6.39. The number of hydrogen-bond donors (Lipinski definition) is 1. The van der Waals surface area contributed by atoms with E-state index in [9.17, 15) is 13.2 Å². The van der Waals surface area contributed by atoms with Crippen molar-refractivity contribution in [3.05, 3.63) is 88.4 Å². The third kappa shape index (κ3) is 4.45. The van der Waals surface area contributed by atoms with Gasteiger partial charge in [0.25, 0.3) is 15.9 Å². The Morgan fingerprint density at radius 3 is 2.59 bits per heavy atom. The van der Waals surface area contributed by atoms with Crippen LogP contribution in [-0.2, 0) is 23.0 Å². The molecule has 0 aromatic heterocycles. The summed E-state index contributed by atoms with van der Waals surface area (Å²) >= 11 is 6.24. The molecule has 0 fully saturated rings. The van der Waals surface area contributed by atoms with Crippen LogP contribution in [-0.4, -0.2) is 28.0 Å². The summed E-state index contributed by atoms with van der Waals surface area (Å²) in [5.74, 6) is 0.280. The molecule has 0 bridgehead atoms. The molecule has 1 amide bonds. The number of fused-ring (bicyclic) bond motifs is 1. The highest BCUT2D eigenvalue weighted by molar-refractivity contribution is 7.92. The number of amides is 1. The fourth-order valence-electron chi connectivity index (χ4n) is 3.74. The third-order valence-electron chi connectivity index (χ3n) is 5.45. The lowest BCUT2D eigenvalue weighted by atomic mass is 10.0. The van der Waals surface area contributed by atoms with Crippen LogP contribution in [0.5, 0.6) is 5.75 Å². The zero-order chi connectivity index (χ0) is 22.7. The molecular weight excluding hydrogens is 448 g/mol. The number of ether oxygens (including phenoxy) is 1. The molecule has 0 aliphatic carbocycles.